The molecule has 0 bridgehead atoms. The molecule has 0 aliphatic carbocycles. The largest absolute Gasteiger partial charge is 0.459 e. The van der Waals surface area contributed by atoms with Crippen LogP contribution in [0, 0.1) is 0 Å². The average Bonchev–Trinajstić information content (AvgIpc) is 2.69. The molecule has 0 unspecified atom stereocenters. The van der Waals surface area contributed by atoms with Gasteiger partial charge in [0.05, 0.1) is 6.54 Å². The Kier molecular flexibility index (Phi) is 4.14. The highest BCUT2D eigenvalue weighted by Crippen LogP contribution is 2.35. The van der Waals surface area contributed by atoms with Gasteiger partial charge in [-0.25, -0.2) is 0 Å². The molecule has 0 spiro atoms. The molecule has 0 saturated heterocycles. The van der Waals surface area contributed by atoms with Gasteiger partial charge in [-0.3, -0.25) is 9.59 Å². The van der Waals surface area contributed by atoms with Gasteiger partial charge < -0.3 is 15.8 Å². The van der Waals surface area contributed by atoms with E-state index in [-0.39, 0.29) is 25.6 Å². The SMILES string of the molecule is NCC(=O)NCC(=O)OCc1ccc2ccc3cccc4ccc1c2c34. The van der Waals surface area contributed by atoms with E-state index in [1.54, 1.807) is 0 Å². The van der Waals surface area contributed by atoms with Crippen molar-refractivity contribution in [2.75, 3.05) is 13.1 Å². The molecule has 130 valence electrons. The van der Waals surface area contributed by atoms with Gasteiger partial charge >= 0.3 is 5.97 Å². The second-order valence-electron chi connectivity index (χ2n) is 6.22. The van der Waals surface area contributed by atoms with Gasteiger partial charge in [-0.15, -0.1) is 0 Å². The van der Waals surface area contributed by atoms with Gasteiger partial charge in [0.1, 0.15) is 13.2 Å². The Balaban J connectivity index is 1.66. The Morgan fingerprint density at radius 2 is 1.54 bits per heavy atom. The van der Waals surface area contributed by atoms with E-state index in [1.165, 1.54) is 21.5 Å². The molecule has 0 saturated carbocycles. The average molecular weight is 346 g/mol. The highest BCUT2D eigenvalue weighted by atomic mass is 16.5. The molecule has 0 fully saturated rings. The van der Waals surface area contributed by atoms with Crippen molar-refractivity contribution >= 4 is 44.2 Å². The molecule has 5 nitrogen and oxygen atoms in total. The van der Waals surface area contributed by atoms with Crippen molar-refractivity contribution in [1.82, 2.24) is 5.32 Å². The summed E-state index contributed by atoms with van der Waals surface area (Å²) in [6, 6.07) is 18.7. The minimum absolute atomic E-state index is 0.150. The lowest BCUT2D eigenvalue weighted by molar-refractivity contribution is -0.145. The standard InChI is InChI=1S/C21H18N2O3/c22-10-18(24)23-11-19(25)26-12-16-7-6-15-5-4-13-2-1-3-14-8-9-17(16)21(15)20(13)14/h1-9H,10-12,22H2,(H,23,24). The van der Waals surface area contributed by atoms with E-state index < -0.39 is 5.97 Å². The fourth-order valence-electron chi connectivity index (χ4n) is 3.37. The fraction of sp³-hybridized carbons (Fsp3) is 0.143. The maximum Gasteiger partial charge on any atom is 0.325 e. The highest BCUT2D eigenvalue weighted by molar-refractivity contribution is 6.23. The number of nitrogens with one attached hydrogen (secondary N) is 1. The van der Waals surface area contributed by atoms with Crippen LogP contribution in [0.3, 0.4) is 0 Å². The van der Waals surface area contributed by atoms with Gasteiger partial charge in [0, 0.05) is 0 Å². The van der Waals surface area contributed by atoms with Crippen LogP contribution in [-0.4, -0.2) is 25.0 Å². The van der Waals surface area contributed by atoms with E-state index in [1.807, 2.05) is 12.1 Å². The monoisotopic (exact) mass is 346 g/mol. The van der Waals surface area contributed by atoms with Crippen LogP contribution in [0.5, 0.6) is 0 Å². The van der Waals surface area contributed by atoms with Gasteiger partial charge in [-0.05, 0) is 37.9 Å². The Hall–Kier alpha value is -3.18. The first-order chi connectivity index (χ1) is 12.7. The number of hydrogen-bond acceptors (Lipinski definition) is 4. The van der Waals surface area contributed by atoms with Crippen molar-refractivity contribution in [1.29, 1.82) is 0 Å². The molecule has 4 aromatic rings. The quantitative estimate of drug-likeness (QED) is 0.430. The second kappa shape index (κ2) is 6.61. The van der Waals surface area contributed by atoms with E-state index in [4.69, 9.17) is 10.5 Å². The zero-order chi connectivity index (χ0) is 18.1. The second-order valence-corrected chi connectivity index (χ2v) is 6.22. The molecule has 0 atom stereocenters. The van der Waals surface area contributed by atoms with Crippen LogP contribution in [-0.2, 0) is 20.9 Å². The van der Waals surface area contributed by atoms with Crippen LogP contribution in [0.2, 0.25) is 0 Å². The number of benzene rings is 4. The first-order valence-corrected chi connectivity index (χ1v) is 8.45. The molecule has 26 heavy (non-hydrogen) atoms. The summed E-state index contributed by atoms with van der Waals surface area (Å²) in [5, 5.41) is 9.44. The predicted molar refractivity (Wildman–Crippen MR) is 102 cm³/mol. The van der Waals surface area contributed by atoms with Gasteiger partial charge in [0.25, 0.3) is 0 Å². The van der Waals surface area contributed by atoms with Crippen molar-refractivity contribution in [3.05, 3.63) is 60.2 Å². The summed E-state index contributed by atoms with van der Waals surface area (Å²) in [4.78, 5) is 22.9. The molecule has 4 aromatic carbocycles. The van der Waals surface area contributed by atoms with Crippen LogP contribution in [0.15, 0.2) is 54.6 Å². The number of esters is 1. The van der Waals surface area contributed by atoms with Gasteiger partial charge in [0.15, 0.2) is 0 Å². The minimum Gasteiger partial charge on any atom is -0.459 e. The van der Waals surface area contributed by atoms with Crippen molar-refractivity contribution in [3.63, 3.8) is 0 Å². The van der Waals surface area contributed by atoms with Crippen LogP contribution in [0.4, 0.5) is 0 Å². The smallest absolute Gasteiger partial charge is 0.325 e. The lowest BCUT2D eigenvalue weighted by atomic mass is 9.92. The van der Waals surface area contributed by atoms with E-state index in [0.29, 0.717) is 0 Å². The first kappa shape index (κ1) is 16.3. The molecule has 5 heteroatoms. The van der Waals surface area contributed by atoms with Gasteiger partial charge in [-0.2, -0.15) is 0 Å². The van der Waals surface area contributed by atoms with Gasteiger partial charge in [-0.1, -0.05) is 54.6 Å². The van der Waals surface area contributed by atoms with Gasteiger partial charge in [0.2, 0.25) is 5.91 Å². The Labute approximate surface area is 150 Å². The van der Waals surface area contributed by atoms with Crippen LogP contribution in [0.25, 0.3) is 32.3 Å². The third-order valence-electron chi connectivity index (χ3n) is 4.62. The lowest BCUT2D eigenvalue weighted by Gasteiger charge is -2.14. The molecule has 0 aliphatic rings. The molecule has 0 radical (unpaired) electrons. The summed E-state index contributed by atoms with van der Waals surface area (Å²) in [7, 11) is 0. The topological polar surface area (TPSA) is 81.4 Å². The summed E-state index contributed by atoms with van der Waals surface area (Å²) in [6.45, 7) is -0.171. The first-order valence-electron chi connectivity index (χ1n) is 8.45. The van der Waals surface area contributed by atoms with Crippen molar-refractivity contribution < 1.29 is 14.3 Å². The number of nitrogens with two attached hydrogens (primary N) is 1. The number of amides is 1. The van der Waals surface area contributed by atoms with E-state index >= 15 is 0 Å². The summed E-state index contributed by atoms with van der Waals surface area (Å²) >= 11 is 0. The molecule has 1 amide bonds. The summed E-state index contributed by atoms with van der Waals surface area (Å²) < 4.78 is 5.32. The zero-order valence-electron chi connectivity index (χ0n) is 14.1. The summed E-state index contributed by atoms with van der Waals surface area (Å²) in [5.74, 6) is -0.873. The molecule has 0 aliphatic heterocycles. The molecule has 0 aromatic heterocycles. The number of carbonyl (C=O) groups excluding carboxylic acids is 2. The molecule has 3 N–H and O–H groups in total. The number of rotatable bonds is 5. The highest BCUT2D eigenvalue weighted by Gasteiger charge is 2.12. The molecule has 4 rings (SSSR count). The minimum atomic E-state index is -0.488. The molecular weight excluding hydrogens is 328 g/mol. The maximum atomic E-state index is 11.8. The molecule has 0 heterocycles. The van der Waals surface area contributed by atoms with Crippen molar-refractivity contribution in [2.45, 2.75) is 6.61 Å². The van der Waals surface area contributed by atoms with Crippen LogP contribution in [0.1, 0.15) is 5.56 Å². The fourth-order valence-corrected chi connectivity index (χ4v) is 3.37. The third-order valence-corrected chi connectivity index (χ3v) is 4.62. The third kappa shape index (κ3) is 2.82. The Bertz CT molecular complexity index is 1100. The number of ether oxygens (including phenoxy) is 1. The van der Waals surface area contributed by atoms with Crippen LogP contribution >= 0.6 is 0 Å². The van der Waals surface area contributed by atoms with Crippen molar-refractivity contribution in [3.8, 4) is 0 Å². The summed E-state index contributed by atoms with van der Waals surface area (Å²) in [6.07, 6.45) is 0. The zero-order valence-corrected chi connectivity index (χ0v) is 14.1. The van der Waals surface area contributed by atoms with E-state index in [0.717, 1.165) is 16.3 Å². The predicted octanol–water partition coefficient (Wildman–Crippen LogP) is 2.70. The van der Waals surface area contributed by atoms with E-state index in [9.17, 15) is 9.59 Å². The maximum absolute atomic E-state index is 11.8. The van der Waals surface area contributed by atoms with E-state index in [2.05, 4.69) is 47.8 Å². The Morgan fingerprint density at radius 3 is 2.27 bits per heavy atom. The normalized spacial score (nSPS) is 11.3. The number of hydrogen-bond donors (Lipinski definition) is 2. The number of carbonyl (C=O) groups is 2. The lowest BCUT2D eigenvalue weighted by Crippen LogP contribution is -2.35. The van der Waals surface area contributed by atoms with Crippen LogP contribution < -0.4 is 11.1 Å². The van der Waals surface area contributed by atoms with Crippen molar-refractivity contribution in [2.24, 2.45) is 5.73 Å². The molecular formula is C21H18N2O3. The summed E-state index contributed by atoms with van der Waals surface area (Å²) in [5.41, 5.74) is 6.13. The Morgan fingerprint density at radius 1 is 0.885 bits per heavy atom.